The molecule has 1 N–H and O–H groups in total. The zero-order valence-electron chi connectivity index (χ0n) is 11.8. The first-order chi connectivity index (χ1) is 8.40. The molecule has 0 atom stereocenters. The Morgan fingerprint density at radius 1 is 1.28 bits per heavy atom. The van der Waals surface area contributed by atoms with E-state index in [1.807, 2.05) is 12.3 Å². The number of methoxy groups -OCH3 is 1. The molecule has 0 aliphatic rings. The smallest absolute Gasteiger partial charge is 0.176 e. The van der Waals surface area contributed by atoms with Crippen LogP contribution in [0.25, 0.3) is 11.0 Å². The lowest BCUT2D eigenvalue weighted by atomic mass is 10.1. The van der Waals surface area contributed by atoms with E-state index in [2.05, 4.69) is 39.1 Å². The Labute approximate surface area is 108 Å². The molecule has 2 aromatic rings. The molecule has 1 aromatic heterocycles. The minimum Gasteiger partial charge on any atom is -0.493 e. The summed E-state index contributed by atoms with van der Waals surface area (Å²) >= 11 is 0. The number of benzene rings is 1. The lowest BCUT2D eigenvalue weighted by Crippen LogP contribution is -2.34. The van der Waals surface area contributed by atoms with Crippen LogP contribution in [0.1, 0.15) is 31.9 Å². The molecule has 18 heavy (non-hydrogen) atoms. The number of aryl methyl sites for hydroxylation is 1. The molecule has 0 aliphatic heterocycles. The third-order valence-corrected chi connectivity index (χ3v) is 2.89. The van der Waals surface area contributed by atoms with Gasteiger partial charge in [-0.3, -0.25) is 0 Å². The van der Waals surface area contributed by atoms with E-state index in [-0.39, 0.29) is 5.54 Å². The van der Waals surface area contributed by atoms with E-state index in [1.165, 1.54) is 11.1 Å². The van der Waals surface area contributed by atoms with E-state index >= 15 is 0 Å². The fourth-order valence-electron chi connectivity index (χ4n) is 1.94. The summed E-state index contributed by atoms with van der Waals surface area (Å²) in [4.78, 5) is 0. The summed E-state index contributed by atoms with van der Waals surface area (Å²) in [5.74, 6) is 0.798. The van der Waals surface area contributed by atoms with Crippen molar-refractivity contribution < 1.29 is 9.15 Å². The van der Waals surface area contributed by atoms with Crippen molar-refractivity contribution in [3.8, 4) is 5.75 Å². The topological polar surface area (TPSA) is 34.4 Å². The number of rotatable bonds is 3. The largest absolute Gasteiger partial charge is 0.493 e. The number of nitrogens with one attached hydrogen (secondary N) is 1. The van der Waals surface area contributed by atoms with Gasteiger partial charge < -0.3 is 14.5 Å². The lowest BCUT2D eigenvalue weighted by molar-refractivity contribution is 0.409. The molecule has 3 nitrogen and oxygen atoms in total. The Hall–Kier alpha value is -1.48. The molecule has 98 valence electrons. The van der Waals surface area contributed by atoms with Crippen molar-refractivity contribution in [1.82, 2.24) is 5.32 Å². The molecule has 0 spiro atoms. The van der Waals surface area contributed by atoms with Crippen LogP contribution in [-0.4, -0.2) is 12.6 Å². The van der Waals surface area contributed by atoms with Gasteiger partial charge in [0.2, 0.25) is 0 Å². The molecule has 0 amide bonds. The Morgan fingerprint density at radius 3 is 2.61 bits per heavy atom. The molecule has 0 saturated heterocycles. The van der Waals surface area contributed by atoms with E-state index < -0.39 is 0 Å². The maximum Gasteiger partial charge on any atom is 0.176 e. The Morgan fingerprint density at radius 2 is 2.00 bits per heavy atom. The molecule has 1 heterocycles. The predicted molar refractivity (Wildman–Crippen MR) is 74.1 cm³/mol. The summed E-state index contributed by atoms with van der Waals surface area (Å²) in [7, 11) is 1.67. The standard InChI is InChI=1S/C15H21NO2/c1-10-6-12-11(8-16-15(2,3)4)9-18-14(12)13(7-10)17-5/h6-7,9,16H,8H2,1-5H3. The van der Waals surface area contributed by atoms with Crippen LogP contribution in [0.2, 0.25) is 0 Å². The minimum absolute atomic E-state index is 0.0947. The van der Waals surface area contributed by atoms with E-state index in [9.17, 15) is 0 Å². The van der Waals surface area contributed by atoms with E-state index in [0.29, 0.717) is 0 Å². The predicted octanol–water partition coefficient (Wildman–Crippen LogP) is 3.64. The maximum atomic E-state index is 5.63. The first-order valence-corrected chi connectivity index (χ1v) is 6.20. The first-order valence-electron chi connectivity index (χ1n) is 6.20. The second kappa shape index (κ2) is 4.65. The van der Waals surface area contributed by atoms with Gasteiger partial charge in [-0.2, -0.15) is 0 Å². The summed E-state index contributed by atoms with van der Waals surface area (Å²) in [6.07, 6.45) is 1.81. The molecule has 2 rings (SSSR count). The van der Waals surface area contributed by atoms with Crippen molar-refractivity contribution in [1.29, 1.82) is 0 Å². The molecule has 0 unspecified atom stereocenters. The fourth-order valence-corrected chi connectivity index (χ4v) is 1.94. The summed E-state index contributed by atoms with van der Waals surface area (Å²) in [5, 5.41) is 4.60. The highest BCUT2D eigenvalue weighted by Crippen LogP contribution is 2.31. The van der Waals surface area contributed by atoms with Gasteiger partial charge >= 0.3 is 0 Å². The molecule has 1 aromatic carbocycles. The summed E-state index contributed by atoms with van der Waals surface area (Å²) in [5.41, 5.74) is 3.27. The van der Waals surface area contributed by atoms with Crippen LogP contribution < -0.4 is 10.1 Å². The molecule has 3 heteroatoms. The normalized spacial score (nSPS) is 12.1. The second-order valence-electron chi connectivity index (χ2n) is 5.71. The number of ether oxygens (including phenoxy) is 1. The minimum atomic E-state index is 0.0947. The quantitative estimate of drug-likeness (QED) is 0.899. The summed E-state index contributed by atoms with van der Waals surface area (Å²) in [6, 6.07) is 4.13. The van der Waals surface area contributed by atoms with Gasteiger partial charge in [-0.25, -0.2) is 0 Å². The Kier molecular flexibility index (Phi) is 3.35. The van der Waals surface area contributed by atoms with Crippen molar-refractivity contribution in [3.05, 3.63) is 29.5 Å². The number of hydrogen-bond donors (Lipinski definition) is 1. The highest BCUT2D eigenvalue weighted by molar-refractivity contribution is 5.87. The summed E-state index contributed by atoms with van der Waals surface area (Å²) in [6.45, 7) is 9.32. The van der Waals surface area contributed by atoms with Gasteiger partial charge in [0.25, 0.3) is 0 Å². The zero-order valence-corrected chi connectivity index (χ0v) is 11.8. The Bertz CT molecular complexity index is 549. The van der Waals surface area contributed by atoms with Crippen LogP contribution in [0.4, 0.5) is 0 Å². The van der Waals surface area contributed by atoms with Crippen LogP contribution in [0.15, 0.2) is 22.8 Å². The average Bonchev–Trinajstić information content (AvgIpc) is 2.67. The number of hydrogen-bond acceptors (Lipinski definition) is 3. The molecular weight excluding hydrogens is 226 g/mol. The van der Waals surface area contributed by atoms with Crippen molar-refractivity contribution in [2.24, 2.45) is 0 Å². The van der Waals surface area contributed by atoms with Crippen LogP contribution in [0.3, 0.4) is 0 Å². The van der Waals surface area contributed by atoms with Crippen molar-refractivity contribution in [3.63, 3.8) is 0 Å². The molecule has 0 radical (unpaired) electrons. The fraction of sp³-hybridized carbons (Fsp3) is 0.467. The van der Waals surface area contributed by atoms with Crippen LogP contribution in [0, 0.1) is 6.92 Å². The number of furan rings is 1. The third-order valence-electron chi connectivity index (χ3n) is 2.89. The van der Waals surface area contributed by atoms with Crippen LogP contribution in [-0.2, 0) is 6.54 Å². The van der Waals surface area contributed by atoms with Crippen LogP contribution in [0.5, 0.6) is 5.75 Å². The van der Waals surface area contributed by atoms with Gasteiger partial charge in [-0.15, -0.1) is 0 Å². The van der Waals surface area contributed by atoms with Crippen molar-refractivity contribution >= 4 is 11.0 Å². The number of fused-ring (bicyclic) bond motifs is 1. The average molecular weight is 247 g/mol. The molecule has 0 bridgehead atoms. The van der Waals surface area contributed by atoms with Crippen molar-refractivity contribution in [2.45, 2.75) is 39.8 Å². The Balaban J connectivity index is 2.38. The highest BCUT2D eigenvalue weighted by atomic mass is 16.5. The highest BCUT2D eigenvalue weighted by Gasteiger charge is 2.14. The van der Waals surface area contributed by atoms with E-state index in [0.717, 1.165) is 23.3 Å². The summed E-state index contributed by atoms with van der Waals surface area (Å²) < 4.78 is 11.0. The molecule has 0 fully saturated rings. The van der Waals surface area contributed by atoms with E-state index in [1.54, 1.807) is 7.11 Å². The van der Waals surface area contributed by atoms with E-state index in [4.69, 9.17) is 9.15 Å². The van der Waals surface area contributed by atoms with Gasteiger partial charge in [-0.1, -0.05) is 0 Å². The van der Waals surface area contributed by atoms with Gasteiger partial charge in [-0.05, 0) is 45.4 Å². The lowest BCUT2D eigenvalue weighted by Gasteiger charge is -2.20. The van der Waals surface area contributed by atoms with Crippen molar-refractivity contribution in [2.75, 3.05) is 7.11 Å². The maximum absolute atomic E-state index is 5.63. The SMILES string of the molecule is COc1cc(C)cc2c(CNC(C)(C)C)coc12. The van der Waals surface area contributed by atoms with Gasteiger partial charge in [0.1, 0.15) is 0 Å². The monoisotopic (exact) mass is 247 g/mol. The second-order valence-corrected chi connectivity index (χ2v) is 5.71. The van der Waals surface area contributed by atoms with Gasteiger partial charge in [0, 0.05) is 23.0 Å². The van der Waals surface area contributed by atoms with Gasteiger partial charge in [0.05, 0.1) is 13.4 Å². The first kappa shape index (κ1) is 13.0. The molecule has 0 aliphatic carbocycles. The van der Waals surface area contributed by atoms with Gasteiger partial charge in [0.15, 0.2) is 11.3 Å². The van der Waals surface area contributed by atoms with Crippen LogP contribution >= 0.6 is 0 Å². The third kappa shape index (κ3) is 2.67. The molecular formula is C15H21NO2. The zero-order chi connectivity index (χ0) is 13.3. The molecule has 0 saturated carbocycles.